The number of hydrogen-bond acceptors (Lipinski definition) is 4. The zero-order chi connectivity index (χ0) is 17.7. The normalized spacial score (nSPS) is 21.0. The molecule has 6 heteroatoms. The predicted octanol–water partition coefficient (Wildman–Crippen LogP) is 5.89. The Bertz CT molecular complexity index is 1000. The maximum absolute atomic E-state index is 13.4. The second-order valence-corrected chi connectivity index (χ2v) is 8.77. The molecule has 0 aliphatic carbocycles. The van der Waals surface area contributed by atoms with Crippen molar-refractivity contribution in [3.8, 4) is 5.75 Å². The summed E-state index contributed by atoms with van der Waals surface area (Å²) >= 11 is 5.21. The summed E-state index contributed by atoms with van der Waals surface area (Å²) in [6.45, 7) is 0. The summed E-state index contributed by atoms with van der Waals surface area (Å²) in [4.78, 5) is 1.15. The van der Waals surface area contributed by atoms with Crippen molar-refractivity contribution < 1.29 is 9.13 Å². The minimum absolute atomic E-state index is 0.117. The lowest BCUT2D eigenvalue weighted by Gasteiger charge is -2.38. The van der Waals surface area contributed by atoms with Gasteiger partial charge in [-0.1, -0.05) is 30.3 Å². The monoisotopic (exact) mass is 428 g/mol. The fourth-order valence-corrected chi connectivity index (χ4v) is 4.88. The van der Waals surface area contributed by atoms with Gasteiger partial charge in [0, 0.05) is 17.5 Å². The van der Waals surface area contributed by atoms with E-state index < -0.39 is 0 Å². The Morgan fingerprint density at radius 3 is 2.65 bits per heavy atom. The summed E-state index contributed by atoms with van der Waals surface area (Å²) < 4.78 is 20.7. The van der Waals surface area contributed by atoms with Crippen LogP contribution in [0, 0.1) is 5.82 Å². The summed E-state index contributed by atoms with van der Waals surface area (Å²) in [5.41, 5.74) is 3.08. The van der Waals surface area contributed by atoms with Crippen molar-refractivity contribution in [3.63, 3.8) is 0 Å². The van der Waals surface area contributed by atoms with Crippen LogP contribution in [0.25, 0.3) is 0 Å². The van der Waals surface area contributed by atoms with Crippen LogP contribution in [-0.4, -0.2) is 10.7 Å². The highest BCUT2D eigenvalue weighted by atomic mass is 79.9. The van der Waals surface area contributed by atoms with Crippen molar-refractivity contribution in [1.29, 1.82) is 0 Å². The van der Waals surface area contributed by atoms with Gasteiger partial charge in [-0.15, -0.1) is 11.3 Å². The predicted molar refractivity (Wildman–Crippen MR) is 104 cm³/mol. The van der Waals surface area contributed by atoms with E-state index in [-0.39, 0.29) is 18.1 Å². The quantitative estimate of drug-likeness (QED) is 0.507. The van der Waals surface area contributed by atoms with E-state index in [4.69, 9.17) is 9.84 Å². The third-order valence-corrected chi connectivity index (χ3v) is 6.38. The van der Waals surface area contributed by atoms with Crippen LogP contribution in [0.3, 0.4) is 0 Å². The van der Waals surface area contributed by atoms with E-state index in [1.165, 1.54) is 12.1 Å². The van der Waals surface area contributed by atoms with Gasteiger partial charge in [0.1, 0.15) is 11.6 Å². The summed E-state index contributed by atoms with van der Waals surface area (Å²) in [6.07, 6.45) is 0.460. The Labute approximate surface area is 162 Å². The van der Waals surface area contributed by atoms with Crippen molar-refractivity contribution >= 4 is 33.0 Å². The van der Waals surface area contributed by atoms with Crippen molar-refractivity contribution in [3.05, 3.63) is 86.3 Å². The third kappa shape index (κ3) is 2.64. The first-order chi connectivity index (χ1) is 12.7. The number of hydrogen-bond donors (Lipinski definition) is 0. The molecule has 2 aromatic carbocycles. The van der Waals surface area contributed by atoms with Gasteiger partial charge in [0.15, 0.2) is 0 Å². The molecule has 2 aliphatic rings. The molecule has 2 atom stereocenters. The van der Waals surface area contributed by atoms with Crippen LogP contribution in [0.2, 0.25) is 0 Å². The molecule has 0 bridgehead atoms. The SMILES string of the molecule is Fc1ccc([C@@H]2Oc3ccccc3[C@H]3CC(c4ccc(Br)s4)=NN32)cc1. The van der Waals surface area contributed by atoms with Crippen molar-refractivity contribution in [1.82, 2.24) is 5.01 Å². The number of rotatable bonds is 2. The molecule has 2 aliphatic heterocycles. The largest absolute Gasteiger partial charge is 0.464 e. The average molecular weight is 429 g/mol. The molecule has 0 N–H and O–H groups in total. The second-order valence-electron chi connectivity index (χ2n) is 6.31. The molecule has 130 valence electrons. The molecule has 3 nitrogen and oxygen atoms in total. The van der Waals surface area contributed by atoms with Crippen LogP contribution in [0.15, 0.2) is 69.6 Å². The Kier molecular flexibility index (Phi) is 3.83. The Hall–Kier alpha value is -2.18. The van der Waals surface area contributed by atoms with Gasteiger partial charge < -0.3 is 4.74 Å². The van der Waals surface area contributed by atoms with E-state index in [9.17, 15) is 4.39 Å². The number of halogens is 2. The molecule has 0 radical (unpaired) electrons. The first-order valence-electron chi connectivity index (χ1n) is 8.31. The molecular weight excluding hydrogens is 415 g/mol. The van der Waals surface area contributed by atoms with Crippen LogP contribution in [0.5, 0.6) is 5.75 Å². The third-order valence-electron chi connectivity index (χ3n) is 4.71. The molecule has 0 unspecified atom stereocenters. The summed E-state index contributed by atoms with van der Waals surface area (Å²) in [5, 5.41) is 6.91. The maximum atomic E-state index is 13.4. The Morgan fingerprint density at radius 1 is 1.08 bits per heavy atom. The van der Waals surface area contributed by atoms with Gasteiger partial charge in [-0.05, 0) is 46.3 Å². The summed E-state index contributed by atoms with van der Waals surface area (Å²) in [5.74, 6) is 0.613. The lowest BCUT2D eigenvalue weighted by Crippen LogP contribution is -2.33. The van der Waals surface area contributed by atoms with Crippen LogP contribution in [0.1, 0.15) is 34.7 Å². The molecule has 0 amide bonds. The van der Waals surface area contributed by atoms with Gasteiger partial charge in [-0.2, -0.15) is 5.10 Å². The van der Waals surface area contributed by atoms with Gasteiger partial charge in [-0.25, -0.2) is 9.40 Å². The molecule has 0 saturated heterocycles. The topological polar surface area (TPSA) is 24.8 Å². The van der Waals surface area contributed by atoms with Crippen molar-refractivity contribution in [2.75, 3.05) is 0 Å². The summed E-state index contributed by atoms with van der Waals surface area (Å²) in [6, 6.07) is 18.8. The Morgan fingerprint density at radius 2 is 1.88 bits per heavy atom. The molecule has 3 aromatic rings. The van der Waals surface area contributed by atoms with E-state index >= 15 is 0 Å². The van der Waals surface area contributed by atoms with E-state index in [1.807, 2.05) is 29.3 Å². The molecule has 0 saturated carbocycles. The molecule has 0 spiro atoms. The van der Waals surface area contributed by atoms with Gasteiger partial charge >= 0.3 is 0 Å². The van der Waals surface area contributed by atoms with Crippen LogP contribution in [0.4, 0.5) is 4.39 Å². The molecular formula is C20H14BrFN2OS. The van der Waals surface area contributed by atoms with E-state index in [0.29, 0.717) is 0 Å². The van der Waals surface area contributed by atoms with Crippen LogP contribution in [-0.2, 0) is 0 Å². The molecule has 3 heterocycles. The number of nitrogens with zero attached hydrogens (tertiary/aromatic N) is 2. The number of para-hydroxylation sites is 1. The minimum Gasteiger partial charge on any atom is -0.464 e. The Balaban J connectivity index is 1.59. The molecule has 5 rings (SSSR count). The zero-order valence-electron chi connectivity index (χ0n) is 13.6. The van der Waals surface area contributed by atoms with Crippen LogP contribution >= 0.6 is 27.3 Å². The fraction of sp³-hybridized carbons (Fsp3) is 0.150. The van der Waals surface area contributed by atoms with Crippen molar-refractivity contribution in [2.24, 2.45) is 5.10 Å². The molecule has 0 fully saturated rings. The zero-order valence-corrected chi connectivity index (χ0v) is 16.0. The van der Waals surface area contributed by atoms with E-state index in [1.54, 1.807) is 23.5 Å². The van der Waals surface area contributed by atoms with E-state index in [2.05, 4.69) is 28.1 Å². The summed E-state index contributed by atoms with van der Waals surface area (Å²) in [7, 11) is 0. The highest BCUT2D eigenvalue weighted by Gasteiger charge is 2.41. The van der Waals surface area contributed by atoms with Gasteiger partial charge in [0.25, 0.3) is 0 Å². The average Bonchev–Trinajstić information content (AvgIpc) is 3.28. The first-order valence-corrected chi connectivity index (χ1v) is 9.92. The van der Waals surface area contributed by atoms with Gasteiger partial charge in [0.05, 0.1) is 20.4 Å². The fourth-order valence-electron chi connectivity index (χ4n) is 3.50. The highest BCUT2D eigenvalue weighted by Crippen LogP contribution is 2.47. The smallest absolute Gasteiger partial charge is 0.213 e. The number of benzene rings is 2. The molecule has 1 aromatic heterocycles. The second kappa shape index (κ2) is 6.21. The first kappa shape index (κ1) is 16.0. The lowest BCUT2D eigenvalue weighted by atomic mass is 9.98. The lowest BCUT2D eigenvalue weighted by molar-refractivity contribution is -0.0190. The number of thiophene rings is 1. The van der Waals surface area contributed by atoms with E-state index in [0.717, 1.165) is 37.7 Å². The van der Waals surface area contributed by atoms with Crippen LogP contribution < -0.4 is 4.74 Å². The maximum Gasteiger partial charge on any atom is 0.213 e. The standard InChI is InChI=1S/C20H14BrFN2OS/c21-19-10-9-18(26-19)15-11-16-14-3-1-2-4-17(14)25-20(24(16)23-15)12-5-7-13(22)8-6-12/h1-10,16,20H,11H2/t16-,20+/m1/s1. The van der Waals surface area contributed by atoms with Crippen molar-refractivity contribution in [2.45, 2.75) is 18.7 Å². The van der Waals surface area contributed by atoms with Gasteiger partial charge in [-0.3, -0.25) is 0 Å². The number of hydrazone groups is 1. The van der Waals surface area contributed by atoms with Gasteiger partial charge in [0.2, 0.25) is 6.23 Å². The minimum atomic E-state index is -0.364. The highest BCUT2D eigenvalue weighted by molar-refractivity contribution is 9.11. The molecule has 26 heavy (non-hydrogen) atoms. The number of fused-ring (bicyclic) bond motifs is 3. The number of ether oxygens (including phenoxy) is 1.